The fraction of sp³-hybridized carbons (Fsp3) is 0.700. The lowest BCUT2D eigenvalue weighted by Gasteiger charge is -2.46. The van der Waals surface area contributed by atoms with Crippen molar-refractivity contribution in [2.45, 2.75) is 70.1 Å². The molecule has 1 aromatic carbocycles. The molecule has 0 radical (unpaired) electrons. The van der Waals surface area contributed by atoms with Crippen LogP contribution < -0.4 is 0 Å². The van der Waals surface area contributed by atoms with Crippen molar-refractivity contribution in [3.8, 4) is 0 Å². The maximum atomic E-state index is 6.26. The molecular weight excluding hydrogens is 320 g/mol. The normalized spacial score (nSPS) is 34.1. The highest BCUT2D eigenvalue weighted by Gasteiger charge is 2.60. The van der Waals surface area contributed by atoms with Crippen LogP contribution in [0.25, 0.3) is 0 Å². The molecule has 2 heterocycles. The molecule has 0 bridgehead atoms. The second kappa shape index (κ2) is 6.63. The Morgan fingerprint density at radius 2 is 1.84 bits per heavy atom. The van der Waals surface area contributed by atoms with Gasteiger partial charge >= 0.3 is 0 Å². The first-order chi connectivity index (χ1) is 12.0. The lowest BCUT2D eigenvalue weighted by molar-refractivity contribution is -0.267. The minimum Gasteiger partial charge on any atom is -0.373 e. The van der Waals surface area contributed by atoms with Crippen molar-refractivity contribution in [1.82, 2.24) is 0 Å². The first-order valence-electron chi connectivity index (χ1n) is 9.28. The summed E-state index contributed by atoms with van der Waals surface area (Å²) in [7, 11) is 0. The molecule has 4 atom stereocenters. The zero-order chi connectivity index (χ0) is 17.5. The predicted octanol–water partition coefficient (Wildman–Crippen LogP) is 3.26. The van der Waals surface area contributed by atoms with Crippen LogP contribution in [-0.4, -0.2) is 43.1 Å². The first kappa shape index (κ1) is 17.4. The minimum absolute atomic E-state index is 0.0146. The van der Waals surface area contributed by atoms with E-state index in [0.29, 0.717) is 19.8 Å². The SMILES string of the molecule is C[C@H](OCc1ccccc1)[C@H]1[C@@H]2OC(C)(C)O[C@@H]2CCC12OCCO2. The molecule has 0 unspecified atom stereocenters. The summed E-state index contributed by atoms with van der Waals surface area (Å²) < 4.78 is 30.8. The maximum Gasteiger partial charge on any atom is 0.176 e. The van der Waals surface area contributed by atoms with Crippen LogP contribution in [0.1, 0.15) is 39.2 Å². The summed E-state index contributed by atoms with van der Waals surface area (Å²) in [5, 5.41) is 0. The lowest BCUT2D eigenvalue weighted by Crippen LogP contribution is -2.57. The Bertz CT molecular complexity index is 581. The molecule has 5 nitrogen and oxygen atoms in total. The van der Waals surface area contributed by atoms with Gasteiger partial charge in [0.25, 0.3) is 0 Å². The molecule has 138 valence electrons. The molecule has 0 amide bonds. The van der Waals surface area contributed by atoms with Gasteiger partial charge < -0.3 is 23.7 Å². The third-order valence-corrected chi connectivity index (χ3v) is 5.50. The Hall–Kier alpha value is -0.980. The average molecular weight is 348 g/mol. The Kier molecular flexibility index (Phi) is 4.63. The minimum atomic E-state index is -0.610. The smallest absolute Gasteiger partial charge is 0.176 e. The van der Waals surface area contributed by atoms with Crippen molar-refractivity contribution in [2.75, 3.05) is 13.2 Å². The number of hydrogen-bond acceptors (Lipinski definition) is 5. The summed E-state index contributed by atoms with van der Waals surface area (Å²) in [6.07, 6.45) is 1.63. The second-order valence-electron chi connectivity index (χ2n) is 7.71. The van der Waals surface area contributed by atoms with Crippen LogP contribution in [0.5, 0.6) is 0 Å². The topological polar surface area (TPSA) is 46.2 Å². The monoisotopic (exact) mass is 348 g/mol. The van der Waals surface area contributed by atoms with E-state index < -0.39 is 11.6 Å². The van der Waals surface area contributed by atoms with Crippen LogP contribution in [0.2, 0.25) is 0 Å². The molecule has 0 aromatic heterocycles. The van der Waals surface area contributed by atoms with Crippen LogP contribution in [0.3, 0.4) is 0 Å². The highest BCUT2D eigenvalue weighted by atomic mass is 16.8. The van der Waals surface area contributed by atoms with E-state index in [2.05, 4.69) is 19.1 Å². The van der Waals surface area contributed by atoms with Gasteiger partial charge in [-0.2, -0.15) is 0 Å². The van der Waals surface area contributed by atoms with Gasteiger partial charge in [0.05, 0.1) is 44.1 Å². The van der Waals surface area contributed by atoms with Gasteiger partial charge in [0.15, 0.2) is 11.6 Å². The Morgan fingerprint density at radius 3 is 2.56 bits per heavy atom. The fourth-order valence-electron chi connectivity index (χ4n) is 4.49. The molecule has 1 saturated carbocycles. The summed E-state index contributed by atoms with van der Waals surface area (Å²) in [5.41, 5.74) is 1.16. The van der Waals surface area contributed by atoms with Gasteiger partial charge in [-0.25, -0.2) is 0 Å². The molecule has 1 aromatic rings. The number of ether oxygens (including phenoxy) is 5. The Labute approximate surface area is 149 Å². The highest BCUT2D eigenvalue weighted by molar-refractivity contribution is 5.13. The summed E-state index contributed by atoms with van der Waals surface area (Å²) in [6.45, 7) is 7.86. The molecule has 2 saturated heterocycles. The van der Waals surface area contributed by atoms with Crippen molar-refractivity contribution in [2.24, 2.45) is 5.92 Å². The lowest BCUT2D eigenvalue weighted by atomic mass is 9.76. The van der Waals surface area contributed by atoms with E-state index in [9.17, 15) is 0 Å². The molecule has 4 rings (SSSR count). The predicted molar refractivity (Wildman–Crippen MR) is 91.9 cm³/mol. The zero-order valence-electron chi connectivity index (χ0n) is 15.3. The van der Waals surface area contributed by atoms with Crippen LogP contribution in [0.15, 0.2) is 30.3 Å². The molecule has 1 aliphatic carbocycles. The second-order valence-corrected chi connectivity index (χ2v) is 7.71. The summed E-state index contributed by atoms with van der Waals surface area (Å²) in [6, 6.07) is 10.2. The maximum absolute atomic E-state index is 6.26. The standard InChI is InChI=1S/C20H28O5/c1-14(21-13-15-7-5-4-6-8-15)17-18-16(24-19(2,3)25-18)9-10-20(17)22-11-12-23-20/h4-8,14,16-18H,9-13H2,1-3H3/t14-,16+,17-,18+/m0/s1. The van der Waals surface area contributed by atoms with Gasteiger partial charge in [-0.1, -0.05) is 30.3 Å². The van der Waals surface area contributed by atoms with Crippen LogP contribution in [0, 0.1) is 5.92 Å². The van der Waals surface area contributed by atoms with Gasteiger partial charge in [0, 0.05) is 6.42 Å². The molecular formula is C20H28O5. The van der Waals surface area contributed by atoms with Gasteiger partial charge in [-0.15, -0.1) is 0 Å². The zero-order valence-corrected chi connectivity index (χ0v) is 15.3. The molecule has 5 heteroatoms. The summed E-state index contributed by atoms with van der Waals surface area (Å²) in [4.78, 5) is 0. The molecule has 1 spiro atoms. The largest absolute Gasteiger partial charge is 0.373 e. The van der Waals surface area contributed by atoms with Crippen LogP contribution in [0.4, 0.5) is 0 Å². The average Bonchev–Trinajstić information content (AvgIpc) is 3.17. The van der Waals surface area contributed by atoms with Crippen molar-refractivity contribution < 1.29 is 23.7 Å². The van der Waals surface area contributed by atoms with Crippen molar-refractivity contribution in [3.63, 3.8) is 0 Å². The molecule has 25 heavy (non-hydrogen) atoms. The Balaban J connectivity index is 1.53. The summed E-state index contributed by atoms with van der Waals surface area (Å²) in [5.74, 6) is -1.20. The summed E-state index contributed by atoms with van der Waals surface area (Å²) >= 11 is 0. The van der Waals surface area contributed by atoms with E-state index in [-0.39, 0.29) is 24.2 Å². The third-order valence-electron chi connectivity index (χ3n) is 5.50. The van der Waals surface area contributed by atoms with Crippen molar-refractivity contribution in [1.29, 1.82) is 0 Å². The van der Waals surface area contributed by atoms with E-state index in [0.717, 1.165) is 18.4 Å². The molecule has 0 N–H and O–H groups in total. The number of fused-ring (bicyclic) bond motifs is 1. The molecule has 3 fully saturated rings. The van der Waals surface area contributed by atoms with E-state index in [1.807, 2.05) is 32.0 Å². The number of rotatable bonds is 4. The van der Waals surface area contributed by atoms with Crippen LogP contribution >= 0.6 is 0 Å². The van der Waals surface area contributed by atoms with Gasteiger partial charge in [0.1, 0.15) is 0 Å². The molecule has 3 aliphatic rings. The van der Waals surface area contributed by atoms with E-state index in [1.165, 1.54) is 0 Å². The van der Waals surface area contributed by atoms with E-state index >= 15 is 0 Å². The molecule has 2 aliphatic heterocycles. The van der Waals surface area contributed by atoms with Gasteiger partial charge in [0.2, 0.25) is 0 Å². The first-order valence-corrected chi connectivity index (χ1v) is 9.28. The number of benzene rings is 1. The Morgan fingerprint density at radius 1 is 1.12 bits per heavy atom. The van der Waals surface area contributed by atoms with E-state index in [1.54, 1.807) is 0 Å². The quantitative estimate of drug-likeness (QED) is 0.836. The van der Waals surface area contributed by atoms with Gasteiger partial charge in [-0.3, -0.25) is 0 Å². The van der Waals surface area contributed by atoms with E-state index in [4.69, 9.17) is 23.7 Å². The fourth-order valence-corrected chi connectivity index (χ4v) is 4.49. The van der Waals surface area contributed by atoms with Crippen molar-refractivity contribution >= 4 is 0 Å². The van der Waals surface area contributed by atoms with Crippen LogP contribution in [-0.2, 0) is 30.3 Å². The van der Waals surface area contributed by atoms with Gasteiger partial charge in [-0.05, 0) is 32.8 Å². The number of hydrogen-bond donors (Lipinski definition) is 0. The highest BCUT2D eigenvalue weighted by Crippen LogP contribution is 2.49. The van der Waals surface area contributed by atoms with Crippen molar-refractivity contribution in [3.05, 3.63) is 35.9 Å². The third kappa shape index (κ3) is 3.36.